The van der Waals surface area contributed by atoms with Crippen LogP contribution >= 0.6 is 12.6 Å². The highest BCUT2D eigenvalue weighted by Crippen LogP contribution is 2.13. The van der Waals surface area contributed by atoms with E-state index in [9.17, 15) is 34.5 Å². The average Bonchev–Trinajstić information content (AvgIpc) is 2.84. The van der Waals surface area contributed by atoms with Crippen molar-refractivity contribution in [2.75, 3.05) is 5.75 Å². The van der Waals surface area contributed by atoms with Crippen LogP contribution in [0.1, 0.15) is 18.1 Å². The van der Waals surface area contributed by atoms with Gasteiger partial charge in [-0.05, 0) is 42.3 Å². The Morgan fingerprint density at radius 3 is 1.67 bits per heavy atom. The van der Waals surface area contributed by atoms with Gasteiger partial charge in [-0.2, -0.15) is 12.6 Å². The molecule has 0 radical (unpaired) electrons. The number of nitrogens with two attached hydrogens (primary N) is 1. The fourth-order valence-electron chi connectivity index (χ4n) is 3.18. The molecule has 36 heavy (non-hydrogen) atoms. The molecular weight excluding hydrogens is 488 g/mol. The number of carboxylic acid groups (broad SMARTS) is 1. The monoisotopic (exact) mass is 518 g/mol. The van der Waals surface area contributed by atoms with Crippen LogP contribution in [-0.4, -0.2) is 68.9 Å². The van der Waals surface area contributed by atoms with Gasteiger partial charge in [0, 0.05) is 18.6 Å². The van der Waals surface area contributed by atoms with E-state index in [2.05, 4.69) is 28.6 Å². The third kappa shape index (κ3) is 8.78. The molecule has 0 bridgehead atoms. The third-order valence-electron chi connectivity index (χ3n) is 5.29. The van der Waals surface area contributed by atoms with Crippen molar-refractivity contribution in [2.24, 2.45) is 5.73 Å². The molecule has 0 aliphatic rings. The van der Waals surface area contributed by atoms with Crippen molar-refractivity contribution in [3.8, 4) is 11.5 Å². The minimum absolute atomic E-state index is 0.0234. The van der Waals surface area contributed by atoms with E-state index in [4.69, 9.17) is 5.73 Å². The van der Waals surface area contributed by atoms with E-state index in [1.807, 2.05) is 0 Å². The highest BCUT2D eigenvalue weighted by Gasteiger charge is 2.28. The Morgan fingerprint density at radius 1 is 0.778 bits per heavy atom. The minimum atomic E-state index is -1.28. The fraction of sp³-hybridized carbons (Fsp3) is 0.333. The number of hydrogen-bond donors (Lipinski definition) is 8. The summed E-state index contributed by atoms with van der Waals surface area (Å²) in [5.41, 5.74) is 6.90. The number of phenols is 2. The lowest BCUT2D eigenvalue weighted by atomic mass is 10.0. The first-order valence-corrected chi connectivity index (χ1v) is 11.7. The van der Waals surface area contributed by atoms with Crippen LogP contribution in [0.2, 0.25) is 0 Å². The van der Waals surface area contributed by atoms with Crippen LogP contribution < -0.4 is 21.7 Å². The van der Waals surface area contributed by atoms with Crippen LogP contribution in [0, 0.1) is 0 Å². The van der Waals surface area contributed by atoms with Crippen LogP contribution in [-0.2, 0) is 32.0 Å². The molecule has 3 amide bonds. The number of rotatable bonds is 12. The molecule has 2 aromatic carbocycles. The summed E-state index contributed by atoms with van der Waals surface area (Å²) < 4.78 is 0. The summed E-state index contributed by atoms with van der Waals surface area (Å²) in [5.74, 6) is -3.20. The highest BCUT2D eigenvalue weighted by atomic mass is 32.1. The number of phenolic OH excluding ortho intramolecular Hbond substituents is 2. The number of hydrogen-bond acceptors (Lipinski definition) is 8. The van der Waals surface area contributed by atoms with Crippen LogP contribution in [0.4, 0.5) is 0 Å². The molecule has 0 saturated heterocycles. The maximum absolute atomic E-state index is 13.0. The van der Waals surface area contributed by atoms with Crippen LogP contribution in [0.3, 0.4) is 0 Å². The topological polar surface area (TPSA) is 191 Å². The lowest BCUT2D eigenvalue weighted by Gasteiger charge is -2.23. The SMILES string of the molecule is CC(NC(=O)C(Cc1ccc(O)cc1)NC(=O)C(N)CS)C(=O)NC(Cc1ccc(O)cc1)C(=O)O. The number of benzene rings is 2. The van der Waals surface area contributed by atoms with Crippen molar-refractivity contribution in [1.82, 2.24) is 16.0 Å². The number of amides is 3. The molecule has 0 heterocycles. The fourth-order valence-corrected chi connectivity index (χ4v) is 3.35. The summed E-state index contributed by atoms with van der Waals surface area (Å²) in [6, 6.07) is 7.44. The number of carboxylic acids is 1. The van der Waals surface area contributed by atoms with Gasteiger partial charge in [0.25, 0.3) is 0 Å². The number of nitrogens with one attached hydrogen (secondary N) is 3. The molecule has 0 aliphatic heterocycles. The number of carbonyl (C=O) groups is 4. The van der Waals surface area contributed by atoms with E-state index in [0.29, 0.717) is 11.1 Å². The molecule has 194 valence electrons. The van der Waals surface area contributed by atoms with E-state index in [-0.39, 0.29) is 30.1 Å². The normalized spacial score (nSPS) is 14.1. The van der Waals surface area contributed by atoms with E-state index in [0.717, 1.165) is 0 Å². The first-order chi connectivity index (χ1) is 17.0. The number of thiol groups is 1. The molecular formula is C24H30N4O7S. The second kappa shape index (κ2) is 13.4. The second-order valence-corrected chi connectivity index (χ2v) is 8.59. The molecule has 0 aromatic heterocycles. The van der Waals surface area contributed by atoms with Crippen LogP contribution in [0.5, 0.6) is 11.5 Å². The van der Waals surface area contributed by atoms with Crippen molar-refractivity contribution in [2.45, 2.75) is 43.9 Å². The molecule has 0 saturated carbocycles. The van der Waals surface area contributed by atoms with Gasteiger partial charge >= 0.3 is 5.97 Å². The standard InChI is InChI=1S/C24H30N4O7S/c1-13(21(31)28-20(24(34)35)11-15-4-8-17(30)9-5-15)26-23(33)19(27-22(32)18(25)12-36)10-14-2-6-16(29)7-3-14/h2-9,13,18-20,29-30,36H,10-12,25H2,1H3,(H,26,33)(H,27,32)(H,28,31)(H,34,35). The second-order valence-electron chi connectivity index (χ2n) is 8.22. The summed E-state index contributed by atoms with van der Waals surface area (Å²) in [7, 11) is 0. The Balaban J connectivity index is 2.08. The van der Waals surface area contributed by atoms with Gasteiger partial charge in [0.1, 0.15) is 29.6 Å². The Kier molecular flexibility index (Phi) is 10.6. The smallest absolute Gasteiger partial charge is 0.326 e. The minimum Gasteiger partial charge on any atom is -0.508 e. The van der Waals surface area contributed by atoms with Gasteiger partial charge in [-0.25, -0.2) is 4.79 Å². The molecule has 4 atom stereocenters. The van der Waals surface area contributed by atoms with Crippen molar-refractivity contribution in [3.63, 3.8) is 0 Å². The Morgan fingerprint density at radius 2 is 1.22 bits per heavy atom. The lowest BCUT2D eigenvalue weighted by Crippen LogP contribution is -2.57. The number of carbonyl (C=O) groups excluding carboxylic acids is 3. The summed E-state index contributed by atoms with van der Waals surface area (Å²) in [4.78, 5) is 49.6. The average molecular weight is 519 g/mol. The van der Waals surface area contributed by atoms with Gasteiger partial charge in [0.15, 0.2) is 0 Å². The maximum atomic E-state index is 13.0. The first-order valence-electron chi connectivity index (χ1n) is 11.1. The van der Waals surface area contributed by atoms with Crippen LogP contribution in [0.25, 0.3) is 0 Å². The van der Waals surface area contributed by atoms with E-state index in [1.54, 1.807) is 12.1 Å². The molecule has 2 rings (SSSR count). The molecule has 11 nitrogen and oxygen atoms in total. The molecule has 0 spiro atoms. The first kappa shape index (κ1) is 28.5. The lowest BCUT2D eigenvalue weighted by molar-refractivity contribution is -0.142. The Hall–Kier alpha value is -3.77. The van der Waals surface area contributed by atoms with E-state index >= 15 is 0 Å². The molecule has 4 unspecified atom stereocenters. The van der Waals surface area contributed by atoms with Gasteiger partial charge < -0.3 is 37.0 Å². The van der Waals surface area contributed by atoms with Crippen LogP contribution in [0.15, 0.2) is 48.5 Å². The highest BCUT2D eigenvalue weighted by molar-refractivity contribution is 7.80. The van der Waals surface area contributed by atoms with E-state index < -0.39 is 47.9 Å². The largest absolute Gasteiger partial charge is 0.508 e. The zero-order valence-electron chi connectivity index (χ0n) is 19.5. The predicted octanol–water partition coefficient (Wildman–Crippen LogP) is -0.301. The van der Waals surface area contributed by atoms with Crippen molar-refractivity contribution >= 4 is 36.3 Å². The van der Waals surface area contributed by atoms with Gasteiger partial charge in [0.2, 0.25) is 17.7 Å². The van der Waals surface area contributed by atoms with Crippen molar-refractivity contribution < 1.29 is 34.5 Å². The third-order valence-corrected chi connectivity index (χ3v) is 5.68. The predicted molar refractivity (Wildman–Crippen MR) is 135 cm³/mol. The number of aromatic hydroxyl groups is 2. The molecule has 8 N–H and O–H groups in total. The summed E-state index contributed by atoms with van der Waals surface area (Å²) in [6.07, 6.45) is 0.00720. The summed E-state index contributed by atoms with van der Waals surface area (Å²) in [6.45, 7) is 1.38. The van der Waals surface area contributed by atoms with Crippen molar-refractivity contribution in [3.05, 3.63) is 59.7 Å². The van der Waals surface area contributed by atoms with Gasteiger partial charge in [-0.3, -0.25) is 14.4 Å². The van der Waals surface area contributed by atoms with Gasteiger partial charge in [-0.15, -0.1) is 0 Å². The van der Waals surface area contributed by atoms with Crippen molar-refractivity contribution in [1.29, 1.82) is 0 Å². The van der Waals surface area contributed by atoms with Gasteiger partial charge in [-0.1, -0.05) is 24.3 Å². The van der Waals surface area contributed by atoms with E-state index in [1.165, 1.54) is 43.3 Å². The Bertz CT molecular complexity index is 1060. The quantitative estimate of drug-likeness (QED) is 0.176. The molecule has 2 aromatic rings. The summed E-state index contributed by atoms with van der Waals surface area (Å²) >= 11 is 3.98. The Labute approximate surface area is 213 Å². The maximum Gasteiger partial charge on any atom is 0.326 e. The van der Waals surface area contributed by atoms with Gasteiger partial charge in [0.05, 0.1) is 6.04 Å². The molecule has 0 fully saturated rings. The molecule has 0 aliphatic carbocycles. The zero-order valence-corrected chi connectivity index (χ0v) is 20.4. The zero-order chi connectivity index (χ0) is 26.8. The molecule has 12 heteroatoms. The summed E-state index contributed by atoms with van der Waals surface area (Å²) in [5, 5.41) is 35.8. The number of aliphatic carboxylic acids is 1.